The maximum atomic E-state index is 12.5. The highest BCUT2D eigenvalue weighted by Gasteiger charge is 2.24. The largest absolute Gasteiger partial charge is 0.495 e. The number of urea groups is 1. The number of amides is 3. The summed E-state index contributed by atoms with van der Waals surface area (Å²) in [6, 6.07) is 9.77. The molecule has 154 valence electrons. The van der Waals surface area contributed by atoms with Crippen LogP contribution in [0.2, 0.25) is 5.02 Å². The summed E-state index contributed by atoms with van der Waals surface area (Å²) in [4.78, 5) is 33.1. The molecule has 1 aliphatic rings. The number of nitrogens with one attached hydrogen (secondary N) is 2. The van der Waals surface area contributed by atoms with Gasteiger partial charge in [-0.05, 0) is 37.3 Å². The lowest BCUT2D eigenvalue weighted by Crippen LogP contribution is -2.54. The predicted octanol–water partition coefficient (Wildman–Crippen LogP) is 2.60. The Morgan fingerprint density at radius 3 is 2.55 bits per heavy atom. The second-order valence-corrected chi connectivity index (χ2v) is 7.08. The van der Waals surface area contributed by atoms with Crippen molar-refractivity contribution in [1.29, 1.82) is 0 Å². The van der Waals surface area contributed by atoms with E-state index < -0.39 is 6.04 Å². The Bertz CT molecular complexity index is 856. The van der Waals surface area contributed by atoms with Gasteiger partial charge in [-0.1, -0.05) is 17.7 Å². The van der Waals surface area contributed by atoms with E-state index in [1.165, 1.54) is 7.11 Å². The summed E-state index contributed by atoms with van der Waals surface area (Å²) >= 11 is 6.07. The van der Waals surface area contributed by atoms with Crippen LogP contribution in [0.1, 0.15) is 6.92 Å². The number of anilines is 2. The molecule has 0 spiro atoms. The quantitative estimate of drug-likeness (QED) is 0.780. The maximum absolute atomic E-state index is 12.5. The van der Waals surface area contributed by atoms with Gasteiger partial charge in [0.2, 0.25) is 5.91 Å². The SMILES string of the molecule is COc1ccc(NC(=O)[C@@H](C)NC(=O)N2CCN(c3ccccn3)CC2)cc1Cl. The number of nitrogens with zero attached hydrogens (tertiary/aromatic N) is 3. The van der Waals surface area contributed by atoms with Crippen LogP contribution < -0.4 is 20.3 Å². The van der Waals surface area contributed by atoms with E-state index in [1.807, 2.05) is 18.2 Å². The van der Waals surface area contributed by atoms with Gasteiger partial charge >= 0.3 is 6.03 Å². The van der Waals surface area contributed by atoms with Gasteiger partial charge in [0.15, 0.2) is 0 Å². The molecule has 2 heterocycles. The number of benzene rings is 1. The first-order valence-electron chi connectivity index (χ1n) is 9.33. The van der Waals surface area contributed by atoms with Crippen molar-refractivity contribution in [1.82, 2.24) is 15.2 Å². The van der Waals surface area contributed by atoms with Crippen molar-refractivity contribution >= 4 is 35.0 Å². The molecule has 1 saturated heterocycles. The maximum Gasteiger partial charge on any atom is 0.318 e. The van der Waals surface area contributed by atoms with Gasteiger partial charge in [-0.2, -0.15) is 0 Å². The number of carbonyl (C=O) groups is 2. The van der Waals surface area contributed by atoms with Crippen LogP contribution in [0.3, 0.4) is 0 Å². The van der Waals surface area contributed by atoms with Crippen molar-refractivity contribution in [3.05, 3.63) is 47.6 Å². The number of rotatable bonds is 5. The van der Waals surface area contributed by atoms with Gasteiger partial charge < -0.3 is 25.2 Å². The van der Waals surface area contributed by atoms with E-state index in [0.29, 0.717) is 42.6 Å². The molecule has 3 amide bonds. The Labute approximate surface area is 174 Å². The van der Waals surface area contributed by atoms with Gasteiger partial charge in [-0.3, -0.25) is 4.79 Å². The average Bonchev–Trinajstić information content (AvgIpc) is 2.74. The van der Waals surface area contributed by atoms with E-state index in [1.54, 1.807) is 36.2 Å². The lowest BCUT2D eigenvalue weighted by atomic mass is 10.2. The highest BCUT2D eigenvalue weighted by molar-refractivity contribution is 6.32. The molecule has 0 radical (unpaired) electrons. The zero-order valence-electron chi connectivity index (χ0n) is 16.4. The van der Waals surface area contributed by atoms with E-state index in [0.717, 1.165) is 5.82 Å². The molecule has 8 nitrogen and oxygen atoms in total. The monoisotopic (exact) mass is 417 g/mol. The Hall–Kier alpha value is -3.00. The summed E-state index contributed by atoms with van der Waals surface area (Å²) in [5.41, 5.74) is 0.533. The number of aromatic nitrogens is 1. The van der Waals surface area contributed by atoms with Gasteiger partial charge in [-0.15, -0.1) is 0 Å². The van der Waals surface area contributed by atoms with Crippen LogP contribution in [0, 0.1) is 0 Å². The lowest BCUT2D eigenvalue weighted by Gasteiger charge is -2.35. The molecule has 1 aromatic heterocycles. The summed E-state index contributed by atoms with van der Waals surface area (Å²) in [7, 11) is 1.52. The van der Waals surface area contributed by atoms with Crippen LogP contribution in [-0.2, 0) is 4.79 Å². The fraction of sp³-hybridized carbons (Fsp3) is 0.350. The van der Waals surface area contributed by atoms with Crippen LogP contribution >= 0.6 is 11.6 Å². The fourth-order valence-electron chi connectivity index (χ4n) is 3.02. The Morgan fingerprint density at radius 2 is 1.93 bits per heavy atom. The number of halogens is 1. The number of hydrogen-bond acceptors (Lipinski definition) is 5. The Kier molecular flexibility index (Phi) is 6.77. The molecule has 0 bridgehead atoms. The molecule has 0 aliphatic carbocycles. The minimum absolute atomic E-state index is 0.263. The smallest absolute Gasteiger partial charge is 0.318 e. The number of hydrogen-bond donors (Lipinski definition) is 2. The van der Waals surface area contributed by atoms with Gasteiger partial charge in [0.25, 0.3) is 0 Å². The molecule has 1 aromatic carbocycles. The number of carbonyl (C=O) groups excluding carboxylic acids is 2. The van der Waals surface area contributed by atoms with Gasteiger partial charge in [-0.25, -0.2) is 9.78 Å². The molecule has 9 heteroatoms. The number of pyridine rings is 1. The molecule has 1 aliphatic heterocycles. The van der Waals surface area contributed by atoms with Crippen LogP contribution in [0.5, 0.6) is 5.75 Å². The summed E-state index contributed by atoms with van der Waals surface area (Å²) < 4.78 is 5.09. The zero-order chi connectivity index (χ0) is 20.8. The van der Waals surface area contributed by atoms with Gasteiger partial charge in [0.05, 0.1) is 12.1 Å². The highest BCUT2D eigenvalue weighted by atomic mass is 35.5. The minimum Gasteiger partial charge on any atom is -0.495 e. The predicted molar refractivity (Wildman–Crippen MR) is 113 cm³/mol. The summed E-state index contributed by atoms with van der Waals surface area (Å²) in [5, 5.41) is 5.88. The third-order valence-electron chi connectivity index (χ3n) is 4.69. The van der Waals surface area contributed by atoms with E-state index in [2.05, 4.69) is 20.5 Å². The number of methoxy groups -OCH3 is 1. The topological polar surface area (TPSA) is 86.8 Å². The molecule has 0 saturated carbocycles. The first-order valence-corrected chi connectivity index (χ1v) is 9.71. The van der Waals surface area contributed by atoms with Crippen LogP contribution in [0.25, 0.3) is 0 Å². The first kappa shape index (κ1) is 20.7. The third-order valence-corrected chi connectivity index (χ3v) is 4.99. The van der Waals surface area contributed by atoms with Gasteiger partial charge in [0.1, 0.15) is 17.6 Å². The number of piperazine rings is 1. The van der Waals surface area contributed by atoms with Crippen LogP contribution in [0.4, 0.5) is 16.3 Å². The Balaban J connectivity index is 1.49. The molecule has 1 fully saturated rings. The van der Waals surface area contributed by atoms with E-state index >= 15 is 0 Å². The molecule has 2 N–H and O–H groups in total. The molecular formula is C20H24ClN5O3. The van der Waals surface area contributed by atoms with Gasteiger partial charge in [0, 0.05) is 38.1 Å². The molecule has 29 heavy (non-hydrogen) atoms. The van der Waals surface area contributed by atoms with Crippen LogP contribution in [-0.4, -0.2) is 61.2 Å². The van der Waals surface area contributed by atoms with Crippen molar-refractivity contribution < 1.29 is 14.3 Å². The summed E-state index contributed by atoms with van der Waals surface area (Å²) in [5.74, 6) is 1.10. The van der Waals surface area contributed by atoms with Crippen molar-refractivity contribution in [3.63, 3.8) is 0 Å². The molecule has 1 atom stereocenters. The number of ether oxygens (including phenoxy) is 1. The second-order valence-electron chi connectivity index (χ2n) is 6.67. The average molecular weight is 418 g/mol. The summed E-state index contributed by atoms with van der Waals surface area (Å²) in [6.45, 7) is 4.14. The van der Waals surface area contributed by atoms with Crippen molar-refractivity contribution in [2.75, 3.05) is 43.5 Å². The first-order chi connectivity index (χ1) is 14.0. The van der Waals surface area contributed by atoms with E-state index in [-0.39, 0.29) is 11.9 Å². The molecule has 3 rings (SSSR count). The normalized spacial score (nSPS) is 14.9. The summed E-state index contributed by atoms with van der Waals surface area (Å²) in [6.07, 6.45) is 1.75. The van der Waals surface area contributed by atoms with Crippen molar-refractivity contribution in [2.45, 2.75) is 13.0 Å². The van der Waals surface area contributed by atoms with Crippen LogP contribution in [0.15, 0.2) is 42.6 Å². The minimum atomic E-state index is -0.697. The van der Waals surface area contributed by atoms with Crippen molar-refractivity contribution in [2.24, 2.45) is 0 Å². The molecular weight excluding hydrogens is 394 g/mol. The van der Waals surface area contributed by atoms with Crippen molar-refractivity contribution in [3.8, 4) is 5.75 Å². The molecule has 2 aromatic rings. The third kappa shape index (κ3) is 5.29. The highest BCUT2D eigenvalue weighted by Crippen LogP contribution is 2.27. The lowest BCUT2D eigenvalue weighted by molar-refractivity contribution is -0.117. The molecule has 0 unspecified atom stereocenters. The standard InChI is InChI=1S/C20H24ClN5O3/c1-14(19(27)24-15-6-7-17(29-2)16(21)13-15)23-20(28)26-11-9-25(10-12-26)18-5-3-4-8-22-18/h3-8,13-14H,9-12H2,1-2H3,(H,23,28)(H,24,27)/t14-/m1/s1. The van der Waals surface area contributed by atoms with E-state index in [4.69, 9.17) is 16.3 Å². The van der Waals surface area contributed by atoms with E-state index in [9.17, 15) is 9.59 Å². The zero-order valence-corrected chi connectivity index (χ0v) is 17.1. The fourth-order valence-corrected chi connectivity index (χ4v) is 3.27. The Morgan fingerprint density at radius 1 is 1.17 bits per heavy atom. The second kappa shape index (κ2) is 9.47.